The van der Waals surface area contributed by atoms with Gasteiger partial charge in [-0.25, -0.2) is 4.79 Å². The van der Waals surface area contributed by atoms with Crippen molar-refractivity contribution in [2.45, 2.75) is 13.8 Å². The Bertz CT molecular complexity index is 434. The van der Waals surface area contributed by atoms with Crippen LogP contribution in [0.3, 0.4) is 0 Å². The maximum Gasteiger partial charge on any atom is 0.417 e. The molecule has 0 aliphatic heterocycles. The van der Waals surface area contributed by atoms with E-state index in [1.165, 1.54) is 0 Å². The fourth-order valence-corrected chi connectivity index (χ4v) is 0.883. The van der Waals surface area contributed by atoms with Crippen LogP contribution in [0.1, 0.15) is 13.8 Å². The Morgan fingerprint density at radius 2 is 2.17 bits per heavy atom. The lowest BCUT2D eigenvalue weighted by Gasteiger charge is -1.72. The summed E-state index contributed by atoms with van der Waals surface area (Å²) in [6, 6.07) is 0. The van der Waals surface area contributed by atoms with Gasteiger partial charge >= 0.3 is 5.76 Å². The summed E-state index contributed by atoms with van der Waals surface area (Å²) in [7, 11) is 0. The van der Waals surface area contributed by atoms with Crippen LogP contribution in [0.2, 0.25) is 0 Å². The molecule has 12 heavy (non-hydrogen) atoms. The highest BCUT2D eigenvalue weighted by Gasteiger charge is 1.89. The average molecular weight is 165 g/mol. The van der Waals surface area contributed by atoms with Gasteiger partial charge in [0.05, 0.1) is 5.35 Å². The molecule has 3 heteroatoms. The first-order valence-corrected chi connectivity index (χ1v) is 3.76. The first-order valence-electron chi connectivity index (χ1n) is 3.76. The van der Waals surface area contributed by atoms with Crippen LogP contribution in [0, 0.1) is 0 Å². The molecule has 1 heterocycles. The topological polar surface area (TPSA) is 46.0 Å². The second-order valence-corrected chi connectivity index (χ2v) is 2.27. The van der Waals surface area contributed by atoms with Gasteiger partial charge in [-0.05, 0) is 26.0 Å². The third-order valence-corrected chi connectivity index (χ3v) is 1.42. The normalized spacial score (nSPS) is 14.8. The molecule has 0 spiro atoms. The van der Waals surface area contributed by atoms with Crippen LogP contribution in [-0.4, -0.2) is 4.98 Å². The van der Waals surface area contributed by atoms with E-state index in [9.17, 15) is 4.79 Å². The smallest absolute Gasteiger partial charge is 0.408 e. The van der Waals surface area contributed by atoms with Gasteiger partial charge in [-0.15, -0.1) is 0 Å². The van der Waals surface area contributed by atoms with Crippen molar-refractivity contribution in [1.29, 1.82) is 0 Å². The van der Waals surface area contributed by atoms with Gasteiger partial charge in [-0.1, -0.05) is 12.2 Å². The molecule has 1 aromatic heterocycles. The van der Waals surface area contributed by atoms with Crippen molar-refractivity contribution in [2.75, 3.05) is 0 Å². The summed E-state index contributed by atoms with van der Waals surface area (Å²) >= 11 is 0. The minimum atomic E-state index is -0.418. The molecule has 0 fully saturated rings. The van der Waals surface area contributed by atoms with E-state index in [1.807, 2.05) is 26.0 Å². The molecule has 1 N–H and O–H groups in total. The third-order valence-electron chi connectivity index (χ3n) is 1.42. The van der Waals surface area contributed by atoms with E-state index in [0.29, 0.717) is 10.8 Å². The zero-order valence-corrected chi connectivity index (χ0v) is 7.13. The van der Waals surface area contributed by atoms with Crippen molar-refractivity contribution < 1.29 is 4.42 Å². The highest BCUT2D eigenvalue weighted by atomic mass is 16.4. The molecule has 1 aromatic rings. The molecule has 0 saturated heterocycles. The van der Waals surface area contributed by atoms with Crippen molar-refractivity contribution in [3.8, 4) is 0 Å². The van der Waals surface area contributed by atoms with Gasteiger partial charge in [0, 0.05) is 0 Å². The van der Waals surface area contributed by atoms with E-state index in [2.05, 4.69) is 4.98 Å². The number of nitrogens with one attached hydrogen (secondary N) is 1. The van der Waals surface area contributed by atoms with Crippen molar-refractivity contribution in [2.24, 2.45) is 0 Å². The second-order valence-electron chi connectivity index (χ2n) is 2.27. The lowest BCUT2D eigenvalue weighted by atomic mass is 10.4. The summed E-state index contributed by atoms with van der Waals surface area (Å²) in [6.45, 7) is 3.73. The first kappa shape index (κ1) is 8.59. The van der Waals surface area contributed by atoms with E-state index in [1.54, 1.807) is 12.2 Å². The summed E-state index contributed by atoms with van der Waals surface area (Å²) in [4.78, 5) is 13.3. The zero-order valence-electron chi connectivity index (χ0n) is 7.13. The Hall–Kier alpha value is -1.51. The van der Waals surface area contributed by atoms with Crippen LogP contribution in [0.4, 0.5) is 0 Å². The fourth-order valence-electron chi connectivity index (χ4n) is 0.883. The van der Waals surface area contributed by atoms with Crippen LogP contribution < -0.4 is 16.5 Å². The van der Waals surface area contributed by atoms with E-state index in [0.717, 1.165) is 0 Å². The van der Waals surface area contributed by atoms with Gasteiger partial charge in [0.2, 0.25) is 0 Å². The van der Waals surface area contributed by atoms with E-state index >= 15 is 0 Å². The SMILES string of the molecule is C\C=C/C=c1/[nH]c(=O)o/c1=C/C. The fraction of sp³-hybridized carbons (Fsp3) is 0.222. The van der Waals surface area contributed by atoms with Gasteiger partial charge in [-0.2, -0.15) is 0 Å². The molecule has 0 aliphatic rings. The lowest BCUT2D eigenvalue weighted by molar-refractivity contribution is 0.485. The van der Waals surface area contributed by atoms with Crippen LogP contribution in [0.25, 0.3) is 12.2 Å². The van der Waals surface area contributed by atoms with Crippen molar-refractivity contribution >= 4 is 12.2 Å². The van der Waals surface area contributed by atoms with E-state index in [4.69, 9.17) is 4.42 Å². The summed E-state index contributed by atoms with van der Waals surface area (Å²) in [5, 5.41) is 0.709. The van der Waals surface area contributed by atoms with Gasteiger partial charge < -0.3 is 4.42 Å². The third kappa shape index (κ3) is 1.75. The standard InChI is InChI=1S/C9H11NO2/c1-3-5-6-7-8(4-2)12-9(11)10-7/h3-6H,1-2H3,(H,10,11)/b5-3-,7-6+,8-4+. The molecule has 0 bridgehead atoms. The minimum absolute atomic E-state index is 0.418. The van der Waals surface area contributed by atoms with E-state index < -0.39 is 5.76 Å². The molecule has 0 amide bonds. The van der Waals surface area contributed by atoms with Crippen LogP contribution in [-0.2, 0) is 0 Å². The van der Waals surface area contributed by atoms with Crippen molar-refractivity contribution in [1.82, 2.24) is 4.98 Å². The van der Waals surface area contributed by atoms with Crippen LogP contribution in [0.5, 0.6) is 0 Å². The highest BCUT2D eigenvalue weighted by Crippen LogP contribution is 1.68. The Kier molecular flexibility index (Phi) is 2.69. The van der Waals surface area contributed by atoms with Gasteiger partial charge in [0.1, 0.15) is 0 Å². The number of hydrogen-bond donors (Lipinski definition) is 1. The predicted molar refractivity (Wildman–Crippen MR) is 48.0 cm³/mol. The number of allylic oxidation sites excluding steroid dienone is 2. The molecule has 1 rings (SSSR count). The highest BCUT2D eigenvalue weighted by molar-refractivity contribution is 5.34. The zero-order chi connectivity index (χ0) is 8.97. The molecule has 0 unspecified atom stereocenters. The van der Waals surface area contributed by atoms with Gasteiger partial charge in [0.15, 0.2) is 5.42 Å². The van der Waals surface area contributed by atoms with E-state index in [-0.39, 0.29) is 0 Å². The first-order chi connectivity index (χ1) is 5.77. The monoisotopic (exact) mass is 165 g/mol. The largest absolute Gasteiger partial charge is 0.417 e. The maximum absolute atomic E-state index is 10.7. The molecule has 0 atom stereocenters. The molecular weight excluding hydrogens is 154 g/mol. The Balaban J connectivity index is 3.43. The number of aromatic nitrogens is 1. The maximum atomic E-state index is 10.7. The molecule has 0 saturated carbocycles. The molecule has 3 nitrogen and oxygen atoms in total. The van der Waals surface area contributed by atoms with Crippen LogP contribution in [0.15, 0.2) is 21.4 Å². The quantitative estimate of drug-likeness (QED) is 0.642. The summed E-state index contributed by atoms with van der Waals surface area (Å²) < 4.78 is 4.83. The lowest BCUT2D eigenvalue weighted by Crippen LogP contribution is -2.21. The number of hydrogen-bond acceptors (Lipinski definition) is 2. The van der Waals surface area contributed by atoms with Crippen molar-refractivity contribution in [3.63, 3.8) is 0 Å². The minimum Gasteiger partial charge on any atom is -0.408 e. The van der Waals surface area contributed by atoms with Gasteiger partial charge in [-0.3, -0.25) is 4.98 Å². The average Bonchev–Trinajstić information content (AvgIpc) is 2.42. The molecular formula is C9H11NO2. The molecule has 64 valence electrons. The summed E-state index contributed by atoms with van der Waals surface area (Å²) in [5.41, 5.74) is 0.582. The number of oxazole rings is 1. The van der Waals surface area contributed by atoms with Gasteiger partial charge in [0.25, 0.3) is 0 Å². The summed E-state index contributed by atoms with van der Waals surface area (Å²) in [6.07, 6.45) is 7.26. The second kappa shape index (κ2) is 3.76. The summed E-state index contributed by atoms with van der Waals surface area (Å²) in [5.74, 6) is -0.418. The predicted octanol–water partition coefficient (Wildman–Crippen LogP) is 0.125. The Labute approximate surface area is 69.7 Å². The Morgan fingerprint density at radius 3 is 2.75 bits per heavy atom. The molecule has 0 aliphatic carbocycles. The number of rotatable bonds is 1. The molecule has 0 aromatic carbocycles. The van der Waals surface area contributed by atoms with Crippen molar-refractivity contribution in [3.05, 3.63) is 33.5 Å². The number of aromatic amines is 1. The van der Waals surface area contributed by atoms with Crippen LogP contribution >= 0.6 is 0 Å². The Morgan fingerprint density at radius 1 is 1.42 bits per heavy atom. The molecule has 0 radical (unpaired) electrons. The number of H-pyrrole nitrogens is 1.